The van der Waals surface area contributed by atoms with Crippen LogP contribution in [0.4, 0.5) is 0 Å². The van der Waals surface area contributed by atoms with Gasteiger partial charge in [-0.2, -0.15) is 0 Å². The zero-order valence-corrected chi connectivity index (χ0v) is 17.4. The maximum atomic E-state index is 12.6. The number of ketones is 2. The Morgan fingerprint density at radius 2 is 1.62 bits per heavy atom. The molecular formula is C21H22O2S3. The van der Waals surface area contributed by atoms with Crippen LogP contribution in [0.1, 0.15) is 38.7 Å². The van der Waals surface area contributed by atoms with Crippen LogP contribution in [-0.2, 0) is 16.0 Å². The van der Waals surface area contributed by atoms with E-state index >= 15 is 0 Å². The summed E-state index contributed by atoms with van der Waals surface area (Å²) in [6.45, 7) is 4.02. The van der Waals surface area contributed by atoms with Crippen LogP contribution < -0.4 is 0 Å². The average Bonchev–Trinajstić information content (AvgIpc) is 3.37. The first kappa shape index (κ1) is 19.2. The van der Waals surface area contributed by atoms with Crippen LogP contribution in [0.15, 0.2) is 41.1 Å². The van der Waals surface area contributed by atoms with E-state index in [-0.39, 0.29) is 23.9 Å². The van der Waals surface area contributed by atoms with Gasteiger partial charge in [0.1, 0.15) is 11.6 Å². The van der Waals surface area contributed by atoms with E-state index in [1.165, 1.54) is 14.6 Å². The van der Waals surface area contributed by atoms with E-state index in [4.69, 9.17) is 0 Å². The summed E-state index contributed by atoms with van der Waals surface area (Å²) < 4.78 is 0. The number of rotatable bonds is 9. The lowest BCUT2D eigenvalue weighted by Crippen LogP contribution is -2.18. The fraction of sp³-hybridized carbons (Fsp3) is 0.333. The van der Waals surface area contributed by atoms with Crippen LogP contribution in [0.5, 0.6) is 0 Å². The molecule has 136 valence electrons. The lowest BCUT2D eigenvalue weighted by Gasteiger charge is -2.10. The molecule has 0 fully saturated rings. The van der Waals surface area contributed by atoms with Gasteiger partial charge in [0, 0.05) is 31.8 Å². The fourth-order valence-electron chi connectivity index (χ4n) is 3.07. The van der Waals surface area contributed by atoms with Crippen molar-refractivity contribution in [2.45, 2.75) is 39.5 Å². The number of Topliss-reactive ketones (excluding diaryl/α,β-unsaturated/α-hetero) is 2. The van der Waals surface area contributed by atoms with Crippen LogP contribution >= 0.6 is 34.0 Å². The van der Waals surface area contributed by atoms with Gasteiger partial charge < -0.3 is 0 Å². The molecule has 2 nitrogen and oxygen atoms in total. The van der Waals surface area contributed by atoms with E-state index in [9.17, 15) is 9.59 Å². The van der Waals surface area contributed by atoms with Crippen molar-refractivity contribution in [3.05, 3.63) is 46.7 Å². The van der Waals surface area contributed by atoms with Gasteiger partial charge in [-0.15, -0.1) is 34.0 Å². The second kappa shape index (κ2) is 8.89. The highest BCUT2D eigenvalue weighted by Gasteiger charge is 2.21. The molecule has 0 aromatic carbocycles. The maximum Gasteiger partial charge on any atom is 0.144 e. The Hall–Kier alpha value is -1.56. The molecule has 0 spiro atoms. The van der Waals surface area contributed by atoms with E-state index in [2.05, 4.69) is 29.0 Å². The molecule has 3 heterocycles. The second-order valence-corrected chi connectivity index (χ2v) is 9.24. The summed E-state index contributed by atoms with van der Waals surface area (Å²) in [7, 11) is 0. The van der Waals surface area contributed by atoms with Gasteiger partial charge in [0.2, 0.25) is 0 Å². The Morgan fingerprint density at radius 1 is 0.962 bits per heavy atom. The van der Waals surface area contributed by atoms with E-state index in [1.807, 2.05) is 26.0 Å². The normalized spacial score (nSPS) is 11.2. The van der Waals surface area contributed by atoms with Crippen molar-refractivity contribution in [1.29, 1.82) is 0 Å². The third kappa shape index (κ3) is 4.40. The summed E-state index contributed by atoms with van der Waals surface area (Å²) in [5.41, 5.74) is 1.04. The molecule has 0 N–H and O–H groups in total. The summed E-state index contributed by atoms with van der Waals surface area (Å²) >= 11 is 5.13. The molecule has 3 rings (SSSR count). The fourth-order valence-corrected chi connectivity index (χ4v) is 5.97. The van der Waals surface area contributed by atoms with Crippen LogP contribution in [0.25, 0.3) is 19.5 Å². The van der Waals surface area contributed by atoms with Crippen LogP contribution in [0.2, 0.25) is 0 Å². The zero-order valence-electron chi connectivity index (χ0n) is 15.0. The van der Waals surface area contributed by atoms with Gasteiger partial charge in [0.15, 0.2) is 0 Å². The molecular weight excluding hydrogens is 380 g/mol. The van der Waals surface area contributed by atoms with Crippen LogP contribution in [0, 0.1) is 5.92 Å². The highest BCUT2D eigenvalue weighted by Crippen LogP contribution is 2.41. The third-order valence-electron chi connectivity index (χ3n) is 4.52. The van der Waals surface area contributed by atoms with Crippen LogP contribution in [-0.4, -0.2) is 11.6 Å². The number of hydrogen-bond acceptors (Lipinski definition) is 5. The first-order valence-corrected chi connectivity index (χ1v) is 11.4. The molecule has 0 aliphatic rings. The van der Waals surface area contributed by atoms with Crippen molar-refractivity contribution in [1.82, 2.24) is 0 Å². The van der Waals surface area contributed by atoms with Crippen molar-refractivity contribution >= 4 is 45.6 Å². The standard InChI is InChI=1S/C21H22O2S3/c1-3-14(4-2)17(23)13-16(22)11-15-12-20(18-7-5-9-24-18)26-21(15)19-8-6-10-25-19/h5-10,12,14H,3-4,11,13H2,1-2H3. The number of carbonyl (C=O) groups is 2. The Labute approximate surface area is 166 Å². The first-order valence-electron chi connectivity index (χ1n) is 8.87. The highest BCUT2D eigenvalue weighted by atomic mass is 32.1. The Balaban J connectivity index is 1.82. The molecule has 0 aliphatic carbocycles. The molecule has 3 aromatic rings. The summed E-state index contributed by atoms with van der Waals surface area (Å²) in [6.07, 6.45) is 2.01. The molecule has 5 heteroatoms. The molecule has 26 heavy (non-hydrogen) atoms. The first-order chi connectivity index (χ1) is 12.6. The molecule has 0 amide bonds. The minimum Gasteiger partial charge on any atom is -0.299 e. The Bertz CT molecular complexity index is 853. The molecule has 0 aliphatic heterocycles. The highest BCUT2D eigenvalue weighted by molar-refractivity contribution is 7.26. The summed E-state index contributed by atoms with van der Waals surface area (Å²) in [5, 5.41) is 4.13. The maximum absolute atomic E-state index is 12.6. The molecule has 3 aromatic heterocycles. The molecule has 0 bridgehead atoms. The van der Waals surface area contributed by atoms with Crippen molar-refractivity contribution in [3.8, 4) is 19.5 Å². The topological polar surface area (TPSA) is 34.1 Å². The van der Waals surface area contributed by atoms with Crippen molar-refractivity contribution in [3.63, 3.8) is 0 Å². The summed E-state index contributed by atoms with van der Waals surface area (Å²) in [5.74, 6) is 0.126. The van der Waals surface area contributed by atoms with E-state index < -0.39 is 0 Å². The second-order valence-electron chi connectivity index (χ2n) is 6.29. The van der Waals surface area contributed by atoms with E-state index in [1.54, 1.807) is 34.0 Å². The number of carbonyl (C=O) groups excluding carboxylic acids is 2. The molecule has 0 saturated carbocycles. The zero-order chi connectivity index (χ0) is 18.5. The summed E-state index contributed by atoms with van der Waals surface area (Å²) in [4.78, 5) is 29.6. The van der Waals surface area contributed by atoms with Gasteiger partial charge in [0.25, 0.3) is 0 Å². The molecule has 0 radical (unpaired) electrons. The van der Waals surface area contributed by atoms with Crippen molar-refractivity contribution < 1.29 is 9.59 Å². The van der Waals surface area contributed by atoms with Gasteiger partial charge in [-0.1, -0.05) is 26.0 Å². The summed E-state index contributed by atoms with van der Waals surface area (Å²) in [6, 6.07) is 10.4. The lowest BCUT2D eigenvalue weighted by atomic mass is 9.93. The smallest absolute Gasteiger partial charge is 0.144 e. The van der Waals surface area contributed by atoms with Gasteiger partial charge in [-0.25, -0.2) is 0 Å². The molecule has 0 saturated heterocycles. The van der Waals surface area contributed by atoms with Gasteiger partial charge in [0.05, 0.1) is 6.42 Å². The van der Waals surface area contributed by atoms with E-state index in [0.29, 0.717) is 6.42 Å². The third-order valence-corrected chi connectivity index (χ3v) is 7.81. The van der Waals surface area contributed by atoms with Crippen LogP contribution in [0.3, 0.4) is 0 Å². The largest absolute Gasteiger partial charge is 0.299 e. The van der Waals surface area contributed by atoms with Crippen molar-refractivity contribution in [2.75, 3.05) is 0 Å². The van der Waals surface area contributed by atoms with Gasteiger partial charge in [-0.3, -0.25) is 9.59 Å². The average molecular weight is 403 g/mol. The Kier molecular flexibility index (Phi) is 6.57. The SMILES string of the molecule is CCC(CC)C(=O)CC(=O)Cc1cc(-c2cccs2)sc1-c1cccs1. The minimum absolute atomic E-state index is 0.0138. The van der Waals surface area contributed by atoms with E-state index in [0.717, 1.165) is 23.3 Å². The van der Waals surface area contributed by atoms with Gasteiger partial charge >= 0.3 is 0 Å². The predicted octanol–water partition coefficient (Wildman–Crippen LogP) is 6.71. The van der Waals surface area contributed by atoms with Crippen molar-refractivity contribution in [2.24, 2.45) is 5.92 Å². The molecule has 0 unspecified atom stereocenters. The quantitative estimate of drug-likeness (QED) is 0.373. The monoisotopic (exact) mass is 402 g/mol. The lowest BCUT2D eigenvalue weighted by molar-refractivity contribution is -0.129. The Morgan fingerprint density at radius 3 is 2.19 bits per heavy atom. The number of hydrogen-bond donors (Lipinski definition) is 0. The number of thiophene rings is 3. The van der Waals surface area contributed by atoms with Gasteiger partial charge in [-0.05, 0) is 47.4 Å². The predicted molar refractivity (Wildman–Crippen MR) is 113 cm³/mol. The molecule has 0 atom stereocenters. The minimum atomic E-state index is 0.0138.